The fourth-order valence-corrected chi connectivity index (χ4v) is 3.05. The molecule has 1 aromatic carbocycles. The van der Waals surface area contributed by atoms with Gasteiger partial charge in [-0.05, 0) is 43.6 Å². The summed E-state index contributed by atoms with van der Waals surface area (Å²) in [5, 5.41) is 3.55. The lowest BCUT2D eigenvalue weighted by atomic mass is 9.95. The molecule has 0 saturated carbocycles. The van der Waals surface area contributed by atoms with Crippen molar-refractivity contribution >= 4 is 17.5 Å². The summed E-state index contributed by atoms with van der Waals surface area (Å²) in [6.45, 7) is 1.23. The van der Waals surface area contributed by atoms with E-state index < -0.39 is 6.43 Å². The number of halogens is 3. The zero-order valence-electron chi connectivity index (χ0n) is 13.7. The average Bonchev–Trinajstić information content (AvgIpc) is 2.57. The number of carbonyl (C=O) groups excluding carboxylic acids is 1. The largest absolute Gasteiger partial charge is 0.375 e. The monoisotopic (exact) mass is 360 g/mol. The van der Waals surface area contributed by atoms with Crippen molar-refractivity contribution in [3.05, 3.63) is 34.9 Å². The number of hydrogen-bond acceptors (Lipinski definition) is 3. The second-order valence-corrected chi connectivity index (χ2v) is 6.42. The highest BCUT2D eigenvalue weighted by molar-refractivity contribution is 6.30. The van der Waals surface area contributed by atoms with Gasteiger partial charge >= 0.3 is 0 Å². The molecule has 1 aliphatic heterocycles. The lowest BCUT2D eigenvalue weighted by Crippen LogP contribution is -2.42. The van der Waals surface area contributed by atoms with Crippen LogP contribution in [0.4, 0.5) is 8.78 Å². The predicted molar refractivity (Wildman–Crippen MR) is 89.4 cm³/mol. The van der Waals surface area contributed by atoms with E-state index in [2.05, 4.69) is 5.32 Å². The van der Waals surface area contributed by atoms with Gasteiger partial charge in [-0.1, -0.05) is 23.7 Å². The van der Waals surface area contributed by atoms with E-state index in [0.29, 0.717) is 37.5 Å². The van der Waals surface area contributed by atoms with Crippen LogP contribution in [-0.4, -0.2) is 50.5 Å². The van der Waals surface area contributed by atoms with Crippen molar-refractivity contribution < 1.29 is 18.3 Å². The summed E-state index contributed by atoms with van der Waals surface area (Å²) < 4.78 is 30.2. The smallest absolute Gasteiger partial charge is 0.251 e. The molecular weight excluding hydrogens is 338 g/mol. The summed E-state index contributed by atoms with van der Waals surface area (Å²) in [5.41, 5.74) is 0.939. The Morgan fingerprint density at radius 1 is 1.33 bits per heavy atom. The highest BCUT2D eigenvalue weighted by atomic mass is 35.5. The molecule has 1 N–H and O–H groups in total. The van der Waals surface area contributed by atoms with Crippen molar-refractivity contribution in [3.8, 4) is 0 Å². The molecule has 2 rings (SSSR count). The Bertz CT molecular complexity index is 520. The van der Waals surface area contributed by atoms with Gasteiger partial charge in [-0.2, -0.15) is 0 Å². The molecule has 1 heterocycles. The predicted octanol–water partition coefficient (Wildman–Crippen LogP) is 3.12. The van der Waals surface area contributed by atoms with E-state index in [4.69, 9.17) is 16.3 Å². The SMILES string of the molecule is COC(CNC(=O)C1CCN(CC(F)F)CC1)c1ccc(Cl)cc1. The van der Waals surface area contributed by atoms with E-state index in [-0.39, 0.29) is 24.5 Å². The minimum atomic E-state index is -2.32. The normalized spacial score (nSPS) is 17.9. The maximum atomic E-state index is 12.4. The van der Waals surface area contributed by atoms with Crippen LogP contribution in [0, 0.1) is 5.92 Å². The van der Waals surface area contributed by atoms with E-state index in [1.807, 2.05) is 12.1 Å². The van der Waals surface area contributed by atoms with Gasteiger partial charge in [-0.15, -0.1) is 0 Å². The molecule has 134 valence electrons. The molecule has 1 unspecified atom stereocenters. The molecule has 4 nitrogen and oxygen atoms in total. The number of rotatable bonds is 7. The molecule has 1 aromatic rings. The van der Waals surface area contributed by atoms with Crippen LogP contribution in [0.15, 0.2) is 24.3 Å². The van der Waals surface area contributed by atoms with Crippen molar-refractivity contribution in [1.82, 2.24) is 10.2 Å². The van der Waals surface area contributed by atoms with Crippen molar-refractivity contribution in [1.29, 1.82) is 0 Å². The van der Waals surface area contributed by atoms with Crippen LogP contribution < -0.4 is 5.32 Å². The van der Waals surface area contributed by atoms with Crippen molar-refractivity contribution in [2.45, 2.75) is 25.4 Å². The summed E-state index contributed by atoms with van der Waals surface area (Å²) >= 11 is 5.87. The lowest BCUT2D eigenvalue weighted by Gasteiger charge is -2.31. The number of carbonyl (C=O) groups is 1. The number of likely N-dealkylation sites (tertiary alicyclic amines) is 1. The van der Waals surface area contributed by atoms with Crippen molar-refractivity contribution in [2.75, 3.05) is 33.3 Å². The number of piperidine rings is 1. The zero-order chi connectivity index (χ0) is 17.5. The third-order valence-electron chi connectivity index (χ3n) is 4.34. The fraction of sp³-hybridized carbons (Fsp3) is 0.588. The van der Waals surface area contributed by atoms with Crippen LogP contribution in [0.5, 0.6) is 0 Å². The van der Waals surface area contributed by atoms with Crippen LogP contribution in [-0.2, 0) is 9.53 Å². The Morgan fingerprint density at radius 3 is 2.50 bits per heavy atom. The van der Waals surface area contributed by atoms with Crippen LogP contribution in [0.3, 0.4) is 0 Å². The van der Waals surface area contributed by atoms with Crippen molar-refractivity contribution in [3.63, 3.8) is 0 Å². The molecule has 0 aliphatic carbocycles. The molecule has 1 amide bonds. The molecule has 0 bridgehead atoms. The highest BCUT2D eigenvalue weighted by Crippen LogP contribution is 2.21. The Labute approximate surface area is 146 Å². The molecule has 1 fully saturated rings. The summed E-state index contributed by atoms with van der Waals surface area (Å²) in [5.74, 6) is -0.163. The second-order valence-electron chi connectivity index (χ2n) is 5.99. The van der Waals surface area contributed by atoms with E-state index in [1.165, 1.54) is 0 Å². The molecule has 1 saturated heterocycles. The van der Waals surface area contributed by atoms with E-state index in [0.717, 1.165) is 5.56 Å². The number of ether oxygens (including phenoxy) is 1. The molecular formula is C17H23ClF2N2O2. The molecule has 24 heavy (non-hydrogen) atoms. The standard InChI is InChI=1S/C17H23ClF2N2O2/c1-24-15(12-2-4-14(18)5-3-12)10-21-17(23)13-6-8-22(9-7-13)11-16(19)20/h2-5,13,15-16H,6-11H2,1H3,(H,21,23). The number of nitrogens with zero attached hydrogens (tertiary/aromatic N) is 1. The Morgan fingerprint density at radius 2 is 1.96 bits per heavy atom. The zero-order valence-corrected chi connectivity index (χ0v) is 14.4. The summed E-state index contributed by atoms with van der Waals surface area (Å²) in [6, 6.07) is 7.30. The number of nitrogens with one attached hydrogen (secondary N) is 1. The number of benzene rings is 1. The molecule has 0 aromatic heterocycles. The second kappa shape index (κ2) is 9.30. The van der Waals surface area contributed by atoms with E-state index in [1.54, 1.807) is 24.1 Å². The van der Waals surface area contributed by atoms with E-state index in [9.17, 15) is 13.6 Å². The molecule has 1 atom stereocenters. The minimum absolute atomic E-state index is 0.0392. The maximum Gasteiger partial charge on any atom is 0.251 e. The maximum absolute atomic E-state index is 12.4. The first-order chi connectivity index (χ1) is 11.5. The number of alkyl halides is 2. The van der Waals surface area contributed by atoms with Gasteiger partial charge in [0.1, 0.15) is 0 Å². The van der Waals surface area contributed by atoms with Gasteiger partial charge in [0.25, 0.3) is 6.43 Å². The van der Waals surface area contributed by atoms with Gasteiger partial charge in [0.05, 0.1) is 12.6 Å². The van der Waals surface area contributed by atoms with Gasteiger partial charge in [0, 0.05) is 24.6 Å². The third-order valence-corrected chi connectivity index (χ3v) is 4.59. The summed E-state index contributed by atoms with van der Waals surface area (Å²) in [4.78, 5) is 14.0. The first-order valence-corrected chi connectivity index (χ1v) is 8.44. The average molecular weight is 361 g/mol. The van der Waals surface area contributed by atoms with E-state index >= 15 is 0 Å². The quantitative estimate of drug-likeness (QED) is 0.812. The van der Waals surface area contributed by atoms with Gasteiger partial charge < -0.3 is 10.1 Å². The topological polar surface area (TPSA) is 41.6 Å². The molecule has 1 aliphatic rings. The van der Waals surface area contributed by atoms with Gasteiger partial charge in [-0.3, -0.25) is 9.69 Å². The first-order valence-electron chi connectivity index (χ1n) is 8.06. The molecule has 0 spiro atoms. The Kier molecular flexibility index (Phi) is 7.40. The first kappa shape index (κ1) is 19.1. The lowest BCUT2D eigenvalue weighted by molar-refractivity contribution is -0.127. The van der Waals surface area contributed by atoms with Crippen LogP contribution >= 0.6 is 11.6 Å². The Hall–Kier alpha value is -1.24. The van der Waals surface area contributed by atoms with Crippen LogP contribution in [0.25, 0.3) is 0 Å². The fourth-order valence-electron chi connectivity index (χ4n) is 2.93. The molecule has 7 heteroatoms. The Balaban J connectivity index is 1.79. The van der Waals surface area contributed by atoms with Crippen LogP contribution in [0.2, 0.25) is 5.02 Å². The van der Waals surface area contributed by atoms with Gasteiger partial charge in [0.15, 0.2) is 0 Å². The summed E-state index contributed by atoms with van der Waals surface area (Å²) in [6.07, 6.45) is -1.35. The number of amides is 1. The van der Waals surface area contributed by atoms with Gasteiger partial charge in [0.2, 0.25) is 5.91 Å². The third kappa shape index (κ3) is 5.69. The highest BCUT2D eigenvalue weighted by Gasteiger charge is 2.26. The number of hydrogen-bond donors (Lipinski definition) is 1. The molecule has 0 radical (unpaired) electrons. The van der Waals surface area contributed by atoms with Crippen molar-refractivity contribution in [2.24, 2.45) is 5.92 Å². The number of methoxy groups -OCH3 is 1. The minimum Gasteiger partial charge on any atom is -0.375 e. The summed E-state index contributed by atoms with van der Waals surface area (Å²) in [7, 11) is 1.59. The van der Waals surface area contributed by atoms with Crippen LogP contribution in [0.1, 0.15) is 24.5 Å². The van der Waals surface area contributed by atoms with Gasteiger partial charge in [-0.25, -0.2) is 8.78 Å².